The van der Waals surface area contributed by atoms with Crippen LogP contribution in [0.4, 0.5) is 17.1 Å². The fraction of sp³-hybridized carbons (Fsp3) is 0.409. The second kappa shape index (κ2) is 8.13. The Balaban J connectivity index is 2.30. The van der Waals surface area contributed by atoms with Crippen molar-refractivity contribution in [3.05, 3.63) is 52.5 Å². The van der Waals surface area contributed by atoms with Gasteiger partial charge in [-0.2, -0.15) is 0 Å². The van der Waals surface area contributed by atoms with Gasteiger partial charge in [-0.1, -0.05) is 44.5 Å². The smallest absolute Gasteiger partial charge is 0.0910 e. The van der Waals surface area contributed by atoms with Crippen LogP contribution in [0.3, 0.4) is 0 Å². The molecule has 0 N–H and O–H groups in total. The number of hydrogen-bond acceptors (Lipinski definition) is 2. The molecular formula is C22H30ClN3. The number of aryl methyl sites for hydroxylation is 1. The average Bonchev–Trinajstić information content (AvgIpc) is 2.60. The SMILES string of the molecule is CCN(C)/C=N\c1cc(C)c(N(C)c2ccc(C(C)(C)C)cc2)cc1Cl. The second-order valence-electron chi connectivity index (χ2n) is 7.76. The van der Waals surface area contributed by atoms with Crippen molar-refractivity contribution in [2.75, 3.05) is 25.5 Å². The number of rotatable bonds is 5. The van der Waals surface area contributed by atoms with Crippen molar-refractivity contribution in [1.29, 1.82) is 0 Å². The number of benzene rings is 2. The van der Waals surface area contributed by atoms with Gasteiger partial charge in [0.05, 0.1) is 17.0 Å². The van der Waals surface area contributed by atoms with Gasteiger partial charge in [0.15, 0.2) is 0 Å². The van der Waals surface area contributed by atoms with Gasteiger partial charge in [-0.25, -0.2) is 4.99 Å². The van der Waals surface area contributed by atoms with Gasteiger partial charge in [0.1, 0.15) is 0 Å². The fourth-order valence-corrected chi connectivity index (χ4v) is 2.89. The molecule has 2 rings (SSSR count). The molecule has 0 bridgehead atoms. The molecule has 2 aromatic carbocycles. The molecule has 0 unspecified atom stereocenters. The summed E-state index contributed by atoms with van der Waals surface area (Å²) < 4.78 is 0. The first-order chi connectivity index (χ1) is 12.1. The van der Waals surface area contributed by atoms with Crippen molar-refractivity contribution in [2.24, 2.45) is 4.99 Å². The Labute approximate surface area is 163 Å². The summed E-state index contributed by atoms with van der Waals surface area (Å²) in [4.78, 5) is 8.68. The molecule has 4 heteroatoms. The van der Waals surface area contributed by atoms with Crippen LogP contribution in [0.25, 0.3) is 0 Å². The van der Waals surface area contributed by atoms with E-state index in [1.807, 2.05) is 30.4 Å². The van der Waals surface area contributed by atoms with Crippen LogP contribution < -0.4 is 4.90 Å². The summed E-state index contributed by atoms with van der Waals surface area (Å²) in [7, 11) is 4.06. The zero-order valence-corrected chi connectivity index (χ0v) is 17.7. The van der Waals surface area contributed by atoms with Crippen molar-refractivity contribution in [3.63, 3.8) is 0 Å². The first-order valence-corrected chi connectivity index (χ1v) is 9.40. The predicted octanol–water partition coefficient (Wildman–Crippen LogP) is 6.33. The predicted molar refractivity (Wildman–Crippen MR) is 116 cm³/mol. The Kier molecular flexibility index (Phi) is 6.35. The van der Waals surface area contributed by atoms with Crippen LogP contribution in [0, 0.1) is 6.92 Å². The average molecular weight is 372 g/mol. The molecule has 0 atom stereocenters. The van der Waals surface area contributed by atoms with Crippen molar-refractivity contribution < 1.29 is 0 Å². The number of aliphatic imine (C=N–C) groups is 1. The zero-order valence-electron chi connectivity index (χ0n) is 17.0. The largest absolute Gasteiger partial charge is 0.366 e. The lowest BCUT2D eigenvalue weighted by molar-refractivity contribution is 0.552. The molecule has 0 aliphatic rings. The van der Waals surface area contributed by atoms with Crippen molar-refractivity contribution in [2.45, 2.75) is 40.0 Å². The molecule has 3 nitrogen and oxygen atoms in total. The molecule has 0 aliphatic carbocycles. The number of anilines is 2. The Hall–Kier alpha value is -2.00. The lowest BCUT2D eigenvalue weighted by Gasteiger charge is -2.24. The van der Waals surface area contributed by atoms with Gasteiger partial charge >= 0.3 is 0 Å². The van der Waals surface area contributed by atoms with E-state index in [9.17, 15) is 0 Å². The summed E-state index contributed by atoms with van der Waals surface area (Å²) in [6, 6.07) is 12.8. The van der Waals surface area contributed by atoms with Crippen LogP contribution in [0.15, 0.2) is 41.4 Å². The Morgan fingerprint density at radius 3 is 2.23 bits per heavy atom. The second-order valence-corrected chi connectivity index (χ2v) is 8.17. The summed E-state index contributed by atoms with van der Waals surface area (Å²) in [6.45, 7) is 11.8. The quantitative estimate of drug-likeness (QED) is 0.452. The van der Waals surface area contributed by atoms with Crippen molar-refractivity contribution in [3.8, 4) is 0 Å². The zero-order chi connectivity index (χ0) is 19.5. The maximum Gasteiger partial charge on any atom is 0.0910 e. The van der Waals surface area contributed by atoms with Crippen LogP contribution >= 0.6 is 11.6 Å². The van der Waals surface area contributed by atoms with E-state index < -0.39 is 0 Å². The number of hydrogen-bond donors (Lipinski definition) is 0. The van der Waals surface area contributed by atoms with E-state index in [4.69, 9.17) is 11.6 Å². The lowest BCUT2D eigenvalue weighted by atomic mass is 9.87. The fourth-order valence-electron chi connectivity index (χ4n) is 2.68. The van der Waals surface area contributed by atoms with E-state index in [1.165, 1.54) is 5.56 Å². The molecule has 0 amide bonds. The summed E-state index contributed by atoms with van der Waals surface area (Å²) >= 11 is 6.49. The van der Waals surface area contributed by atoms with E-state index in [1.54, 1.807) is 0 Å². The van der Waals surface area contributed by atoms with E-state index >= 15 is 0 Å². The molecule has 0 saturated carbocycles. The summed E-state index contributed by atoms with van der Waals surface area (Å²) in [5.41, 5.74) is 5.64. The maximum atomic E-state index is 6.49. The lowest BCUT2D eigenvalue weighted by Crippen LogP contribution is -2.14. The van der Waals surface area contributed by atoms with Crippen LogP contribution in [-0.2, 0) is 5.41 Å². The molecule has 0 heterocycles. The van der Waals surface area contributed by atoms with E-state index in [-0.39, 0.29) is 5.41 Å². The van der Waals surface area contributed by atoms with Crippen LogP contribution in [0.5, 0.6) is 0 Å². The normalized spacial score (nSPS) is 11.8. The molecule has 0 fully saturated rings. The van der Waals surface area contributed by atoms with Gasteiger partial charge in [-0.05, 0) is 54.7 Å². The summed E-state index contributed by atoms with van der Waals surface area (Å²) in [6.07, 6.45) is 1.81. The minimum Gasteiger partial charge on any atom is -0.366 e. The highest BCUT2D eigenvalue weighted by molar-refractivity contribution is 6.33. The summed E-state index contributed by atoms with van der Waals surface area (Å²) in [5.74, 6) is 0. The van der Waals surface area contributed by atoms with Crippen molar-refractivity contribution >= 4 is 35.0 Å². The molecule has 0 aliphatic heterocycles. The molecule has 140 valence electrons. The monoisotopic (exact) mass is 371 g/mol. The third kappa shape index (κ3) is 4.79. The standard InChI is InChI=1S/C22H30ClN3/c1-8-25(6)15-24-20-13-16(2)21(14-19(20)23)26(7)18-11-9-17(10-12-18)22(3,4)5/h9-15H,8H2,1-7H3/b24-15-. The third-order valence-electron chi connectivity index (χ3n) is 4.64. The van der Waals surface area contributed by atoms with E-state index in [2.05, 4.69) is 75.8 Å². The molecule has 2 aromatic rings. The summed E-state index contributed by atoms with van der Waals surface area (Å²) in [5, 5.41) is 0.657. The highest BCUT2D eigenvalue weighted by atomic mass is 35.5. The van der Waals surface area contributed by atoms with Gasteiger partial charge < -0.3 is 9.80 Å². The van der Waals surface area contributed by atoms with Crippen molar-refractivity contribution in [1.82, 2.24) is 4.90 Å². The van der Waals surface area contributed by atoms with Gasteiger partial charge in [0.25, 0.3) is 0 Å². The minimum atomic E-state index is 0.154. The van der Waals surface area contributed by atoms with Crippen LogP contribution in [0.1, 0.15) is 38.8 Å². The molecule has 0 saturated heterocycles. The van der Waals surface area contributed by atoms with Gasteiger partial charge in [-0.15, -0.1) is 0 Å². The molecule has 0 aromatic heterocycles. The minimum absolute atomic E-state index is 0.154. The first kappa shape index (κ1) is 20.3. The van der Waals surface area contributed by atoms with Crippen LogP contribution in [0.2, 0.25) is 5.02 Å². The van der Waals surface area contributed by atoms with Gasteiger partial charge in [0, 0.05) is 32.0 Å². The Bertz CT molecular complexity index is 773. The molecule has 26 heavy (non-hydrogen) atoms. The Morgan fingerprint density at radius 2 is 1.69 bits per heavy atom. The first-order valence-electron chi connectivity index (χ1n) is 9.02. The van der Waals surface area contributed by atoms with Crippen LogP contribution in [-0.4, -0.2) is 31.9 Å². The highest BCUT2D eigenvalue weighted by Gasteiger charge is 2.15. The molecular weight excluding hydrogens is 342 g/mol. The highest BCUT2D eigenvalue weighted by Crippen LogP contribution is 2.36. The van der Waals surface area contributed by atoms with Gasteiger partial charge in [-0.3, -0.25) is 0 Å². The maximum absolute atomic E-state index is 6.49. The Morgan fingerprint density at radius 1 is 1.08 bits per heavy atom. The van der Waals surface area contributed by atoms with E-state index in [0.717, 1.165) is 29.2 Å². The molecule has 0 radical (unpaired) electrons. The number of nitrogens with zero attached hydrogens (tertiary/aromatic N) is 3. The van der Waals surface area contributed by atoms with Gasteiger partial charge in [0.2, 0.25) is 0 Å². The third-order valence-corrected chi connectivity index (χ3v) is 4.94. The van der Waals surface area contributed by atoms with E-state index in [0.29, 0.717) is 5.02 Å². The topological polar surface area (TPSA) is 18.8 Å². The molecule has 0 spiro atoms. The number of halogens is 1.